The van der Waals surface area contributed by atoms with Crippen molar-refractivity contribution in [2.75, 3.05) is 13.1 Å². The molecule has 0 atom stereocenters. The molecular weight excluding hydrogens is 276 g/mol. The molecule has 1 aromatic rings. The lowest BCUT2D eigenvalue weighted by Crippen LogP contribution is -2.38. The second kappa shape index (κ2) is 9.97. The Morgan fingerprint density at radius 2 is 2.09 bits per heavy atom. The zero-order valence-corrected chi connectivity index (χ0v) is 14.4. The first-order valence-electron chi connectivity index (χ1n) is 8.02. The second-order valence-electron chi connectivity index (χ2n) is 5.87. The molecule has 0 fully saturated rings. The van der Waals surface area contributed by atoms with Gasteiger partial charge in [-0.1, -0.05) is 32.8 Å². The molecule has 0 aliphatic carbocycles. The number of aryl methyl sites for hydroxylation is 1. The number of nitrogens with one attached hydrogen (secondary N) is 2. The first-order chi connectivity index (χ1) is 10.5. The van der Waals surface area contributed by atoms with Crippen molar-refractivity contribution < 1.29 is 0 Å². The first kappa shape index (κ1) is 18.2. The Labute approximate surface area is 134 Å². The number of aliphatic imine (C=N–C) groups is 1. The van der Waals surface area contributed by atoms with Crippen molar-refractivity contribution in [2.45, 2.75) is 46.6 Å². The average molecular weight is 306 g/mol. The van der Waals surface area contributed by atoms with Gasteiger partial charge in [-0.2, -0.15) is 0 Å². The lowest BCUT2D eigenvalue weighted by molar-refractivity contribution is 0.534. The minimum absolute atomic E-state index is 0.510. The van der Waals surface area contributed by atoms with E-state index in [1.807, 2.05) is 24.6 Å². The van der Waals surface area contributed by atoms with Gasteiger partial charge in [-0.15, -0.1) is 16.8 Å². The van der Waals surface area contributed by atoms with Gasteiger partial charge in [-0.3, -0.25) is 0 Å². The van der Waals surface area contributed by atoms with Gasteiger partial charge in [0.05, 0.1) is 0 Å². The van der Waals surface area contributed by atoms with E-state index in [4.69, 9.17) is 0 Å². The standard InChI is InChI=1S/C16H30N6/c1-6-10-17-16(18-11-8-7-9-13(2)3)19-12-15-21-20-14(4)22(15)5/h6,13H,1,7-12H2,2-5H3,(H2,17,18,19). The van der Waals surface area contributed by atoms with Crippen LogP contribution in [0.4, 0.5) is 0 Å². The van der Waals surface area contributed by atoms with Crippen LogP contribution in [0.15, 0.2) is 17.6 Å². The highest BCUT2D eigenvalue weighted by Gasteiger charge is 2.04. The molecule has 0 aliphatic heterocycles. The van der Waals surface area contributed by atoms with E-state index >= 15 is 0 Å². The van der Waals surface area contributed by atoms with Crippen molar-refractivity contribution in [3.8, 4) is 0 Å². The van der Waals surface area contributed by atoms with Gasteiger partial charge in [0.15, 0.2) is 11.8 Å². The van der Waals surface area contributed by atoms with Gasteiger partial charge in [0, 0.05) is 20.1 Å². The van der Waals surface area contributed by atoms with Gasteiger partial charge in [-0.05, 0) is 19.3 Å². The molecule has 0 amide bonds. The highest BCUT2D eigenvalue weighted by Crippen LogP contribution is 2.05. The van der Waals surface area contributed by atoms with E-state index in [0.29, 0.717) is 13.1 Å². The van der Waals surface area contributed by atoms with Gasteiger partial charge >= 0.3 is 0 Å². The van der Waals surface area contributed by atoms with Crippen LogP contribution in [0.5, 0.6) is 0 Å². The maximum absolute atomic E-state index is 4.56. The van der Waals surface area contributed by atoms with Crippen molar-refractivity contribution in [3.05, 3.63) is 24.3 Å². The Balaban J connectivity index is 2.46. The van der Waals surface area contributed by atoms with Crippen molar-refractivity contribution in [2.24, 2.45) is 18.0 Å². The summed E-state index contributed by atoms with van der Waals surface area (Å²) in [5.41, 5.74) is 0. The molecule has 6 nitrogen and oxygen atoms in total. The fourth-order valence-electron chi connectivity index (χ4n) is 1.97. The molecule has 2 N–H and O–H groups in total. The van der Waals surface area contributed by atoms with Crippen molar-refractivity contribution in [1.82, 2.24) is 25.4 Å². The third kappa shape index (κ3) is 6.74. The zero-order chi connectivity index (χ0) is 16.4. The van der Waals surface area contributed by atoms with Crippen molar-refractivity contribution in [1.29, 1.82) is 0 Å². The predicted octanol–water partition coefficient (Wildman–Crippen LogP) is 2.17. The maximum atomic E-state index is 4.56. The van der Waals surface area contributed by atoms with E-state index in [1.165, 1.54) is 12.8 Å². The van der Waals surface area contributed by atoms with Crippen LogP contribution in [-0.4, -0.2) is 33.8 Å². The molecule has 0 spiro atoms. The molecule has 124 valence electrons. The molecule has 1 heterocycles. The molecule has 0 radical (unpaired) electrons. The molecule has 6 heteroatoms. The van der Waals surface area contributed by atoms with E-state index in [9.17, 15) is 0 Å². The highest BCUT2D eigenvalue weighted by molar-refractivity contribution is 5.79. The summed E-state index contributed by atoms with van der Waals surface area (Å²) in [7, 11) is 1.95. The van der Waals surface area contributed by atoms with E-state index in [1.54, 1.807) is 0 Å². The zero-order valence-electron chi connectivity index (χ0n) is 14.4. The van der Waals surface area contributed by atoms with E-state index in [-0.39, 0.29) is 0 Å². The van der Waals surface area contributed by atoms with Crippen molar-refractivity contribution in [3.63, 3.8) is 0 Å². The average Bonchev–Trinajstić information content (AvgIpc) is 2.80. The van der Waals surface area contributed by atoms with Gasteiger partial charge in [0.2, 0.25) is 0 Å². The van der Waals surface area contributed by atoms with E-state index in [2.05, 4.69) is 46.2 Å². The quantitative estimate of drug-likeness (QED) is 0.317. The van der Waals surface area contributed by atoms with Crippen LogP contribution < -0.4 is 10.6 Å². The number of hydrogen-bond donors (Lipinski definition) is 2. The van der Waals surface area contributed by atoms with Crippen LogP contribution in [0.1, 0.15) is 44.8 Å². The summed E-state index contributed by atoms with van der Waals surface area (Å²) in [4.78, 5) is 4.56. The smallest absolute Gasteiger partial charge is 0.191 e. The van der Waals surface area contributed by atoms with Gasteiger partial charge < -0.3 is 15.2 Å². The number of unbranched alkanes of at least 4 members (excludes halogenated alkanes) is 1. The third-order valence-electron chi connectivity index (χ3n) is 3.48. The molecule has 0 unspecified atom stereocenters. The van der Waals surface area contributed by atoms with Gasteiger partial charge in [-0.25, -0.2) is 4.99 Å². The van der Waals surface area contributed by atoms with Crippen LogP contribution in [0.2, 0.25) is 0 Å². The monoisotopic (exact) mass is 306 g/mol. The van der Waals surface area contributed by atoms with Crippen LogP contribution in [-0.2, 0) is 13.6 Å². The number of hydrogen-bond acceptors (Lipinski definition) is 3. The summed E-state index contributed by atoms with van der Waals surface area (Å²) >= 11 is 0. The summed E-state index contributed by atoms with van der Waals surface area (Å²) in [6.07, 6.45) is 5.48. The Morgan fingerprint density at radius 1 is 1.32 bits per heavy atom. The van der Waals surface area contributed by atoms with E-state index < -0.39 is 0 Å². The Kier molecular flexibility index (Phi) is 8.25. The highest BCUT2D eigenvalue weighted by atomic mass is 15.3. The molecule has 0 aliphatic rings. The molecule has 0 saturated carbocycles. The van der Waals surface area contributed by atoms with E-state index in [0.717, 1.165) is 36.5 Å². The fraction of sp³-hybridized carbons (Fsp3) is 0.688. The largest absolute Gasteiger partial charge is 0.356 e. The summed E-state index contributed by atoms with van der Waals surface area (Å²) in [6, 6.07) is 0. The topological polar surface area (TPSA) is 67.1 Å². The summed E-state index contributed by atoms with van der Waals surface area (Å²) < 4.78 is 1.96. The molecule has 1 rings (SSSR count). The lowest BCUT2D eigenvalue weighted by Gasteiger charge is -2.11. The molecule has 1 aromatic heterocycles. The van der Waals surface area contributed by atoms with Crippen molar-refractivity contribution >= 4 is 5.96 Å². The third-order valence-corrected chi connectivity index (χ3v) is 3.48. The molecule has 0 saturated heterocycles. The summed E-state index contributed by atoms with van der Waals surface area (Å²) in [5.74, 6) is 3.32. The summed E-state index contributed by atoms with van der Waals surface area (Å²) in [5, 5.41) is 14.8. The minimum Gasteiger partial charge on any atom is -0.356 e. The number of guanidine groups is 1. The number of rotatable bonds is 9. The lowest BCUT2D eigenvalue weighted by atomic mass is 10.1. The SMILES string of the molecule is C=CCNC(=NCc1nnc(C)n1C)NCCCCC(C)C. The number of aromatic nitrogens is 3. The normalized spacial score (nSPS) is 11.8. The first-order valence-corrected chi connectivity index (χ1v) is 8.02. The predicted molar refractivity (Wildman–Crippen MR) is 91.8 cm³/mol. The molecule has 22 heavy (non-hydrogen) atoms. The minimum atomic E-state index is 0.510. The summed E-state index contributed by atoms with van der Waals surface area (Å²) in [6.45, 7) is 12.3. The van der Waals surface area contributed by atoms with Gasteiger partial charge in [0.25, 0.3) is 0 Å². The Hall–Kier alpha value is -1.85. The van der Waals surface area contributed by atoms with Crippen LogP contribution in [0.3, 0.4) is 0 Å². The molecular formula is C16H30N6. The Bertz CT molecular complexity index is 475. The van der Waals surface area contributed by atoms with Gasteiger partial charge in [0.1, 0.15) is 12.4 Å². The number of nitrogens with zero attached hydrogens (tertiary/aromatic N) is 4. The van der Waals surface area contributed by atoms with Crippen LogP contribution in [0, 0.1) is 12.8 Å². The molecule has 0 bridgehead atoms. The maximum Gasteiger partial charge on any atom is 0.191 e. The van der Waals surface area contributed by atoms with Crippen LogP contribution >= 0.6 is 0 Å². The van der Waals surface area contributed by atoms with Crippen LogP contribution in [0.25, 0.3) is 0 Å². The Morgan fingerprint density at radius 3 is 2.68 bits per heavy atom. The second-order valence-corrected chi connectivity index (χ2v) is 5.87. The molecule has 0 aromatic carbocycles. The fourth-order valence-corrected chi connectivity index (χ4v) is 1.97.